The molecule has 1 fully saturated rings. The average molecular weight is 362 g/mol. The first-order valence-electron chi connectivity index (χ1n) is 10.0. The number of anilines is 1. The minimum absolute atomic E-state index is 0.00639. The van der Waals surface area contributed by atoms with Crippen molar-refractivity contribution < 1.29 is 14.3 Å². The van der Waals surface area contributed by atoms with Gasteiger partial charge in [0, 0.05) is 12.3 Å². The number of aryl methyl sites for hydroxylation is 1. The molecule has 0 aromatic heterocycles. The van der Waals surface area contributed by atoms with Crippen LogP contribution in [0, 0.1) is 18.8 Å². The first kappa shape index (κ1) is 20.8. The second-order valence-electron chi connectivity index (χ2n) is 8.16. The Labute approximate surface area is 158 Å². The van der Waals surface area contributed by atoms with E-state index >= 15 is 0 Å². The lowest BCUT2D eigenvalue weighted by molar-refractivity contribution is -0.147. The Morgan fingerprint density at radius 2 is 2.00 bits per heavy atom. The molecule has 1 aliphatic rings. The van der Waals surface area contributed by atoms with E-state index in [2.05, 4.69) is 33.0 Å². The van der Waals surface area contributed by atoms with E-state index in [0.717, 1.165) is 49.1 Å². The smallest absolute Gasteiger partial charge is 0.256 e. The lowest BCUT2D eigenvalue weighted by Crippen LogP contribution is -2.48. The van der Waals surface area contributed by atoms with Crippen molar-refractivity contribution in [3.05, 3.63) is 23.8 Å². The van der Waals surface area contributed by atoms with Crippen LogP contribution in [0.2, 0.25) is 0 Å². The van der Waals surface area contributed by atoms with E-state index in [1.165, 1.54) is 0 Å². The van der Waals surface area contributed by atoms with Crippen molar-refractivity contribution in [2.75, 3.05) is 18.5 Å². The van der Waals surface area contributed by atoms with Crippen molar-refractivity contribution in [1.29, 1.82) is 0 Å². The van der Waals surface area contributed by atoms with Gasteiger partial charge in [-0.1, -0.05) is 27.7 Å². The maximum atomic E-state index is 13.0. The molecule has 1 amide bonds. The number of nitrogens with one attached hydrogen (secondary N) is 1. The Morgan fingerprint density at radius 3 is 2.58 bits per heavy atom. The minimum atomic E-state index is -0.677. The van der Waals surface area contributed by atoms with E-state index < -0.39 is 5.60 Å². The van der Waals surface area contributed by atoms with Gasteiger partial charge in [0.25, 0.3) is 5.91 Å². The van der Waals surface area contributed by atoms with Gasteiger partial charge in [-0.15, -0.1) is 0 Å². The fourth-order valence-electron chi connectivity index (χ4n) is 3.35. The molecule has 0 saturated heterocycles. The summed E-state index contributed by atoms with van der Waals surface area (Å²) in [6, 6.07) is 5.84. The molecular weight excluding hydrogens is 326 g/mol. The van der Waals surface area contributed by atoms with Crippen LogP contribution in [0.1, 0.15) is 65.4 Å². The number of hydrogen-bond acceptors (Lipinski definition) is 3. The number of ether oxygens (including phenoxy) is 2. The summed E-state index contributed by atoms with van der Waals surface area (Å²) in [5.74, 6) is 2.02. The summed E-state index contributed by atoms with van der Waals surface area (Å²) in [5, 5.41) is 3.09. The molecule has 0 radical (unpaired) electrons. The normalized spacial score (nSPS) is 23.1. The van der Waals surface area contributed by atoms with Crippen LogP contribution in [0.3, 0.4) is 0 Å². The van der Waals surface area contributed by atoms with Gasteiger partial charge in [-0.2, -0.15) is 0 Å². The molecule has 1 aromatic rings. The first-order chi connectivity index (χ1) is 12.4. The van der Waals surface area contributed by atoms with Crippen LogP contribution in [0.15, 0.2) is 18.2 Å². The highest BCUT2D eigenvalue weighted by Gasteiger charge is 2.42. The Balaban J connectivity index is 2.07. The van der Waals surface area contributed by atoms with Gasteiger partial charge in [0.15, 0.2) is 0 Å². The highest BCUT2D eigenvalue weighted by molar-refractivity contribution is 5.97. The highest BCUT2D eigenvalue weighted by atomic mass is 16.5. The van der Waals surface area contributed by atoms with E-state index in [1.807, 2.05) is 25.1 Å². The number of amides is 1. The molecule has 2 rings (SSSR count). The van der Waals surface area contributed by atoms with Crippen molar-refractivity contribution >= 4 is 11.6 Å². The number of rotatable bonds is 8. The summed E-state index contributed by atoms with van der Waals surface area (Å²) < 4.78 is 11.9. The predicted molar refractivity (Wildman–Crippen MR) is 107 cm³/mol. The van der Waals surface area contributed by atoms with Crippen molar-refractivity contribution in [2.45, 2.75) is 72.3 Å². The molecule has 4 heteroatoms. The highest BCUT2D eigenvalue weighted by Crippen LogP contribution is 2.36. The number of carbonyl (C=O) groups excluding carboxylic acids is 1. The van der Waals surface area contributed by atoms with Crippen molar-refractivity contribution in [1.82, 2.24) is 0 Å². The topological polar surface area (TPSA) is 47.6 Å². The predicted octanol–water partition coefficient (Wildman–Crippen LogP) is 5.34. The van der Waals surface area contributed by atoms with Crippen molar-refractivity contribution in [3.63, 3.8) is 0 Å². The second kappa shape index (κ2) is 9.40. The molecule has 26 heavy (non-hydrogen) atoms. The molecule has 0 aliphatic heterocycles. The standard InChI is InChI=1S/C22H35NO3/c1-6-13-26-22(11-9-17(4)10-12-22)21(24)23-19-7-8-20(18(5)14-19)25-15-16(2)3/h7-8,14,16-17H,6,9-13,15H2,1-5H3,(H,23,24). The SMILES string of the molecule is CCCOC1(C(=O)Nc2ccc(OCC(C)C)c(C)c2)CCC(C)CC1. The molecule has 0 atom stereocenters. The summed E-state index contributed by atoms with van der Waals surface area (Å²) in [6.07, 6.45) is 4.60. The Morgan fingerprint density at radius 1 is 1.31 bits per heavy atom. The molecule has 1 N–H and O–H groups in total. The molecule has 4 nitrogen and oxygen atoms in total. The molecule has 1 aromatic carbocycles. The molecule has 0 bridgehead atoms. The lowest BCUT2D eigenvalue weighted by atomic mass is 9.78. The Kier molecular flexibility index (Phi) is 7.51. The van der Waals surface area contributed by atoms with Crippen LogP contribution in [-0.2, 0) is 9.53 Å². The van der Waals surface area contributed by atoms with Gasteiger partial charge in [0.1, 0.15) is 11.4 Å². The van der Waals surface area contributed by atoms with Gasteiger partial charge in [0.2, 0.25) is 0 Å². The van der Waals surface area contributed by atoms with Crippen LogP contribution in [-0.4, -0.2) is 24.7 Å². The third kappa shape index (κ3) is 5.47. The van der Waals surface area contributed by atoms with Crippen LogP contribution >= 0.6 is 0 Å². The second-order valence-corrected chi connectivity index (χ2v) is 8.16. The van der Waals surface area contributed by atoms with Crippen LogP contribution in [0.4, 0.5) is 5.69 Å². The van der Waals surface area contributed by atoms with Gasteiger partial charge in [-0.3, -0.25) is 4.79 Å². The summed E-state index contributed by atoms with van der Waals surface area (Å²) in [6.45, 7) is 11.9. The molecule has 1 aliphatic carbocycles. The van der Waals surface area contributed by atoms with E-state index in [9.17, 15) is 4.79 Å². The Bertz CT molecular complexity index is 584. The quantitative estimate of drug-likeness (QED) is 0.679. The Hall–Kier alpha value is -1.55. The summed E-state index contributed by atoms with van der Waals surface area (Å²) >= 11 is 0. The lowest BCUT2D eigenvalue weighted by Gasteiger charge is -2.38. The van der Waals surface area contributed by atoms with E-state index in [4.69, 9.17) is 9.47 Å². The van der Waals surface area contributed by atoms with Crippen LogP contribution in [0.5, 0.6) is 5.75 Å². The summed E-state index contributed by atoms with van der Waals surface area (Å²) in [7, 11) is 0. The monoisotopic (exact) mass is 361 g/mol. The van der Waals surface area contributed by atoms with E-state index in [0.29, 0.717) is 25.0 Å². The third-order valence-corrected chi connectivity index (χ3v) is 5.08. The van der Waals surface area contributed by atoms with E-state index in [1.54, 1.807) is 0 Å². The zero-order chi connectivity index (χ0) is 19.2. The van der Waals surface area contributed by atoms with Gasteiger partial charge >= 0.3 is 0 Å². The fraction of sp³-hybridized carbons (Fsp3) is 0.682. The number of benzene rings is 1. The molecule has 146 valence electrons. The maximum Gasteiger partial charge on any atom is 0.256 e. The first-order valence-corrected chi connectivity index (χ1v) is 10.0. The van der Waals surface area contributed by atoms with E-state index in [-0.39, 0.29) is 5.91 Å². The van der Waals surface area contributed by atoms with Gasteiger partial charge < -0.3 is 14.8 Å². The van der Waals surface area contributed by atoms with Crippen molar-refractivity contribution in [2.24, 2.45) is 11.8 Å². The number of carbonyl (C=O) groups is 1. The largest absolute Gasteiger partial charge is 0.493 e. The van der Waals surface area contributed by atoms with Gasteiger partial charge in [-0.05, 0) is 74.6 Å². The summed E-state index contributed by atoms with van der Waals surface area (Å²) in [4.78, 5) is 13.0. The van der Waals surface area contributed by atoms with Gasteiger partial charge in [0.05, 0.1) is 6.61 Å². The fourth-order valence-corrected chi connectivity index (χ4v) is 3.35. The molecule has 0 spiro atoms. The minimum Gasteiger partial charge on any atom is -0.493 e. The maximum absolute atomic E-state index is 13.0. The third-order valence-electron chi connectivity index (χ3n) is 5.08. The average Bonchev–Trinajstić information content (AvgIpc) is 2.60. The van der Waals surface area contributed by atoms with Gasteiger partial charge in [-0.25, -0.2) is 0 Å². The summed E-state index contributed by atoms with van der Waals surface area (Å²) in [5.41, 5.74) is 1.16. The zero-order valence-corrected chi connectivity index (χ0v) is 17.1. The van der Waals surface area contributed by atoms with Crippen LogP contribution < -0.4 is 10.1 Å². The molecule has 0 heterocycles. The van der Waals surface area contributed by atoms with Crippen molar-refractivity contribution in [3.8, 4) is 5.75 Å². The molecular formula is C22H35NO3. The number of hydrogen-bond donors (Lipinski definition) is 1. The molecule has 0 unspecified atom stereocenters. The van der Waals surface area contributed by atoms with Crippen LogP contribution in [0.25, 0.3) is 0 Å². The molecule has 1 saturated carbocycles. The zero-order valence-electron chi connectivity index (χ0n) is 17.1.